The summed E-state index contributed by atoms with van der Waals surface area (Å²) < 4.78 is 27.6. The molecule has 1 fully saturated rings. The van der Waals surface area contributed by atoms with Gasteiger partial charge in [0.15, 0.2) is 0 Å². The van der Waals surface area contributed by atoms with E-state index in [0.717, 1.165) is 18.6 Å². The van der Waals surface area contributed by atoms with Gasteiger partial charge < -0.3 is 0 Å². The normalized spacial score (nSPS) is 24.3. The van der Waals surface area contributed by atoms with E-state index in [-0.39, 0.29) is 9.64 Å². The highest BCUT2D eigenvalue weighted by molar-refractivity contribution is 9.10. The third-order valence-electron chi connectivity index (χ3n) is 2.93. The van der Waals surface area contributed by atoms with Crippen LogP contribution in [-0.2, 0) is 10.0 Å². The van der Waals surface area contributed by atoms with Crippen LogP contribution in [-0.4, -0.2) is 30.4 Å². The summed E-state index contributed by atoms with van der Waals surface area (Å²) in [4.78, 5) is 4.07. The SMILES string of the molecule is CC1(CNS(=O)(=O)c2cncc(Br)c2)CCCS1. The maximum Gasteiger partial charge on any atom is 0.242 e. The molecule has 100 valence electrons. The van der Waals surface area contributed by atoms with Crippen LogP contribution >= 0.6 is 27.7 Å². The minimum Gasteiger partial charge on any atom is -0.262 e. The third-order valence-corrected chi connectivity index (χ3v) is 6.27. The van der Waals surface area contributed by atoms with Crippen molar-refractivity contribution in [3.8, 4) is 0 Å². The van der Waals surface area contributed by atoms with Gasteiger partial charge in [-0.1, -0.05) is 0 Å². The van der Waals surface area contributed by atoms with E-state index in [0.29, 0.717) is 11.0 Å². The summed E-state index contributed by atoms with van der Waals surface area (Å²) in [7, 11) is -3.46. The Morgan fingerprint density at radius 3 is 2.94 bits per heavy atom. The van der Waals surface area contributed by atoms with Crippen molar-refractivity contribution < 1.29 is 8.42 Å². The van der Waals surface area contributed by atoms with Gasteiger partial charge in [0.05, 0.1) is 0 Å². The van der Waals surface area contributed by atoms with E-state index < -0.39 is 10.0 Å². The van der Waals surface area contributed by atoms with Gasteiger partial charge >= 0.3 is 0 Å². The Labute approximate surface area is 120 Å². The number of halogens is 1. The minimum absolute atomic E-state index is 0.0203. The molecule has 1 aliphatic heterocycles. The molecule has 1 N–H and O–H groups in total. The van der Waals surface area contributed by atoms with E-state index in [2.05, 4.69) is 32.6 Å². The summed E-state index contributed by atoms with van der Waals surface area (Å²) >= 11 is 5.06. The number of nitrogens with one attached hydrogen (secondary N) is 1. The second-order valence-electron chi connectivity index (χ2n) is 4.57. The zero-order valence-corrected chi connectivity index (χ0v) is 13.2. The molecule has 1 saturated heterocycles. The van der Waals surface area contributed by atoms with Crippen molar-refractivity contribution in [1.29, 1.82) is 0 Å². The zero-order chi connectivity index (χ0) is 13.2. The van der Waals surface area contributed by atoms with Gasteiger partial charge in [0, 0.05) is 28.2 Å². The van der Waals surface area contributed by atoms with Gasteiger partial charge in [-0.25, -0.2) is 13.1 Å². The van der Waals surface area contributed by atoms with E-state index in [9.17, 15) is 8.42 Å². The zero-order valence-electron chi connectivity index (χ0n) is 10.0. The Balaban J connectivity index is 2.08. The van der Waals surface area contributed by atoms with Gasteiger partial charge in [-0.3, -0.25) is 4.98 Å². The fraction of sp³-hybridized carbons (Fsp3) is 0.545. The molecule has 1 atom stereocenters. The highest BCUT2D eigenvalue weighted by Crippen LogP contribution is 2.37. The highest BCUT2D eigenvalue weighted by atomic mass is 79.9. The second kappa shape index (κ2) is 5.48. The summed E-state index contributed by atoms with van der Waals surface area (Å²) in [5, 5.41) is 0. The van der Waals surface area contributed by atoms with Crippen molar-refractivity contribution in [1.82, 2.24) is 9.71 Å². The van der Waals surface area contributed by atoms with E-state index in [4.69, 9.17) is 0 Å². The summed E-state index contributed by atoms with van der Waals surface area (Å²) in [5.74, 6) is 1.11. The molecule has 0 radical (unpaired) electrons. The number of nitrogens with zero attached hydrogens (tertiary/aromatic N) is 1. The number of thioether (sulfide) groups is 1. The van der Waals surface area contributed by atoms with Crippen LogP contribution < -0.4 is 4.72 Å². The largest absolute Gasteiger partial charge is 0.262 e. The molecule has 0 bridgehead atoms. The molecule has 0 spiro atoms. The first-order chi connectivity index (χ1) is 8.41. The highest BCUT2D eigenvalue weighted by Gasteiger charge is 2.31. The molecule has 7 heteroatoms. The lowest BCUT2D eigenvalue weighted by molar-refractivity contribution is 0.552. The molecular weight excluding hydrogens is 336 g/mol. The number of sulfonamides is 1. The number of hydrogen-bond donors (Lipinski definition) is 1. The number of pyridine rings is 1. The van der Waals surface area contributed by atoms with Crippen LogP contribution in [0.15, 0.2) is 27.8 Å². The van der Waals surface area contributed by atoms with Crippen molar-refractivity contribution in [3.63, 3.8) is 0 Å². The molecule has 2 rings (SSSR count). The molecule has 4 nitrogen and oxygen atoms in total. The van der Waals surface area contributed by atoms with Gasteiger partial charge in [0.2, 0.25) is 10.0 Å². The number of aromatic nitrogens is 1. The summed E-state index contributed by atoms with van der Waals surface area (Å²) in [6.45, 7) is 2.57. The molecule has 18 heavy (non-hydrogen) atoms. The molecule has 2 heterocycles. The lowest BCUT2D eigenvalue weighted by Gasteiger charge is -2.22. The van der Waals surface area contributed by atoms with Gasteiger partial charge in [-0.2, -0.15) is 11.8 Å². The van der Waals surface area contributed by atoms with Crippen LogP contribution in [0.4, 0.5) is 0 Å². The molecule has 1 unspecified atom stereocenters. The first kappa shape index (κ1) is 14.3. The quantitative estimate of drug-likeness (QED) is 0.905. The van der Waals surface area contributed by atoms with Crippen LogP contribution in [0.1, 0.15) is 19.8 Å². The van der Waals surface area contributed by atoms with E-state index in [1.54, 1.807) is 12.3 Å². The Hall–Kier alpha value is -0.110. The van der Waals surface area contributed by atoms with Crippen molar-refractivity contribution in [3.05, 3.63) is 22.9 Å². The fourth-order valence-electron chi connectivity index (χ4n) is 1.85. The monoisotopic (exact) mass is 350 g/mol. The predicted molar refractivity (Wildman–Crippen MR) is 77.2 cm³/mol. The summed E-state index contributed by atoms with van der Waals surface area (Å²) in [6.07, 6.45) is 5.13. The van der Waals surface area contributed by atoms with E-state index >= 15 is 0 Å². The Kier molecular flexibility index (Phi) is 4.36. The molecule has 1 aromatic rings. The maximum absolute atomic E-state index is 12.1. The van der Waals surface area contributed by atoms with Crippen molar-refractivity contribution in [2.75, 3.05) is 12.3 Å². The standard InChI is InChI=1S/C11H15BrN2O2S2/c1-11(3-2-4-17-11)8-14-18(15,16)10-5-9(12)6-13-7-10/h5-7,14H,2-4,8H2,1H3. The lowest BCUT2D eigenvalue weighted by Crippen LogP contribution is -2.36. The molecule has 0 amide bonds. The van der Waals surface area contributed by atoms with Gasteiger partial charge in [-0.15, -0.1) is 0 Å². The third kappa shape index (κ3) is 3.46. The van der Waals surface area contributed by atoms with Crippen molar-refractivity contribution in [2.24, 2.45) is 0 Å². The van der Waals surface area contributed by atoms with E-state index in [1.165, 1.54) is 6.20 Å². The molecular formula is C11H15BrN2O2S2. The minimum atomic E-state index is -3.46. The van der Waals surface area contributed by atoms with Gasteiger partial charge in [-0.05, 0) is 47.5 Å². The summed E-state index contributed by atoms with van der Waals surface area (Å²) in [6, 6.07) is 1.56. The molecule has 1 aliphatic rings. The van der Waals surface area contributed by atoms with Crippen LogP contribution in [0.5, 0.6) is 0 Å². The molecule has 0 aliphatic carbocycles. The summed E-state index contributed by atoms with van der Waals surface area (Å²) in [5.41, 5.74) is 0. The van der Waals surface area contributed by atoms with Crippen molar-refractivity contribution in [2.45, 2.75) is 29.4 Å². The van der Waals surface area contributed by atoms with Gasteiger partial charge in [0.25, 0.3) is 0 Å². The van der Waals surface area contributed by atoms with Crippen LogP contribution in [0.3, 0.4) is 0 Å². The number of hydrogen-bond acceptors (Lipinski definition) is 4. The smallest absolute Gasteiger partial charge is 0.242 e. The topological polar surface area (TPSA) is 59.1 Å². The average molecular weight is 351 g/mol. The Morgan fingerprint density at radius 2 is 2.33 bits per heavy atom. The van der Waals surface area contributed by atoms with Crippen molar-refractivity contribution >= 4 is 37.7 Å². The first-order valence-corrected chi connectivity index (χ1v) is 8.92. The maximum atomic E-state index is 12.1. The Morgan fingerprint density at radius 1 is 1.56 bits per heavy atom. The average Bonchev–Trinajstić information content (AvgIpc) is 2.75. The molecule has 1 aromatic heterocycles. The van der Waals surface area contributed by atoms with Crippen LogP contribution in [0.25, 0.3) is 0 Å². The van der Waals surface area contributed by atoms with Gasteiger partial charge in [0.1, 0.15) is 4.90 Å². The lowest BCUT2D eigenvalue weighted by atomic mass is 10.1. The van der Waals surface area contributed by atoms with E-state index in [1.807, 2.05) is 11.8 Å². The number of rotatable bonds is 4. The predicted octanol–water partition coefficient (Wildman–Crippen LogP) is 2.41. The fourth-order valence-corrected chi connectivity index (χ4v) is 4.86. The molecule has 0 aromatic carbocycles. The first-order valence-electron chi connectivity index (χ1n) is 5.66. The second-order valence-corrected chi connectivity index (χ2v) is 8.93. The Bertz CT molecular complexity index is 528. The van der Waals surface area contributed by atoms with Crippen LogP contribution in [0.2, 0.25) is 0 Å². The molecule has 0 saturated carbocycles. The van der Waals surface area contributed by atoms with Crippen LogP contribution in [0, 0.1) is 0 Å².